The molecule has 1 heterocycles. The van der Waals surface area contributed by atoms with Gasteiger partial charge in [0.15, 0.2) is 6.61 Å². The maximum atomic E-state index is 12.4. The highest BCUT2D eigenvalue weighted by Gasteiger charge is 2.36. The first-order valence-electron chi connectivity index (χ1n) is 9.36. The van der Waals surface area contributed by atoms with Crippen LogP contribution in [0.1, 0.15) is 17.5 Å². The molecule has 0 aromatic heterocycles. The molecule has 1 saturated heterocycles. The van der Waals surface area contributed by atoms with Crippen LogP contribution in [0, 0.1) is 19.8 Å². The largest absolute Gasteiger partial charge is 0.497 e. The lowest BCUT2D eigenvalue weighted by atomic mass is 10.1. The third-order valence-corrected chi connectivity index (χ3v) is 4.93. The van der Waals surface area contributed by atoms with E-state index in [1.54, 1.807) is 36.3 Å². The van der Waals surface area contributed by atoms with Crippen LogP contribution in [-0.4, -0.2) is 38.0 Å². The molecule has 3 rings (SSSR count). The van der Waals surface area contributed by atoms with Crippen LogP contribution >= 0.6 is 0 Å². The third-order valence-electron chi connectivity index (χ3n) is 4.93. The number of carbonyl (C=O) groups is 3. The maximum absolute atomic E-state index is 12.4. The predicted molar refractivity (Wildman–Crippen MR) is 109 cm³/mol. The zero-order chi connectivity index (χ0) is 21.0. The first kappa shape index (κ1) is 20.4. The SMILES string of the molecule is COc1ccc(N2C[C@H](C(=O)OCC(=O)Nc3c(C)cccc3C)CC2=O)cc1. The summed E-state index contributed by atoms with van der Waals surface area (Å²) in [5.74, 6) is -1.03. The number of hydrogen-bond acceptors (Lipinski definition) is 5. The number of anilines is 2. The second kappa shape index (κ2) is 8.77. The summed E-state index contributed by atoms with van der Waals surface area (Å²) in [7, 11) is 1.57. The molecule has 7 nitrogen and oxygen atoms in total. The number of nitrogens with one attached hydrogen (secondary N) is 1. The Morgan fingerprint density at radius 2 is 1.76 bits per heavy atom. The topological polar surface area (TPSA) is 84.9 Å². The summed E-state index contributed by atoms with van der Waals surface area (Å²) in [5, 5.41) is 2.77. The zero-order valence-corrected chi connectivity index (χ0v) is 16.7. The van der Waals surface area contributed by atoms with Gasteiger partial charge in [-0.15, -0.1) is 0 Å². The average Bonchev–Trinajstić information content (AvgIpc) is 3.11. The van der Waals surface area contributed by atoms with Gasteiger partial charge in [0, 0.05) is 24.3 Å². The molecular formula is C22H24N2O5. The summed E-state index contributed by atoms with van der Waals surface area (Å²) in [5.41, 5.74) is 3.27. The van der Waals surface area contributed by atoms with Crippen LogP contribution in [0.2, 0.25) is 0 Å². The van der Waals surface area contributed by atoms with Crippen molar-refractivity contribution in [2.75, 3.05) is 30.5 Å². The van der Waals surface area contributed by atoms with E-state index in [2.05, 4.69) is 5.32 Å². The van der Waals surface area contributed by atoms with Crippen molar-refractivity contribution < 1.29 is 23.9 Å². The molecule has 0 saturated carbocycles. The van der Waals surface area contributed by atoms with Crippen molar-refractivity contribution in [3.05, 3.63) is 53.6 Å². The highest BCUT2D eigenvalue weighted by atomic mass is 16.5. The first-order valence-corrected chi connectivity index (χ1v) is 9.36. The van der Waals surface area contributed by atoms with Gasteiger partial charge in [0.05, 0.1) is 13.0 Å². The van der Waals surface area contributed by atoms with E-state index in [0.29, 0.717) is 11.4 Å². The maximum Gasteiger partial charge on any atom is 0.311 e. The number of para-hydroxylation sites is 1. The minimum atomic E-state index is -0.599. The molecule has 2 amide bonds. The third kappa shape index (κ3) is 4.74. The summed E-state index contributed by atoms with van der Waals surface area (Å²) < 4.78 is 10.3. The molecule has 1 aliphatic heterocycles. The van der Waals surface area contributed by atoms with E-state index in [1.165, 1.54) is 0 Å². The molecule has 2 aromatic rings. The molecule has 29 heavy (non-hydrogen) atoms. The number of rotatable bonds is 6. The van der Waals surface area contributed by atoms with E-state index in [1.807, 2.05) is 32.0 Å². The fourth-order valence-corrected chi connectivity index (χ4v) is 3.32. The highest BCUT2D eigenvalue weighted by molar-refractivity contribution is 6.00. The molecule has 2 aromatic carbocycles. The van der Waals surface area contributed by atoms with Gasteiger partial charge in [-0.25, -0.2) is 0 Å². The molecule has 0 radical (unpaired) electrons. The average molecular weight is 396 g/mol. The van der Waals surface area contributed by atoms with Gasteiger partial charge in [0.1, 0.15) is 5.75 Å². The number of amides is 2. The van der Waals surface area contributed by atoms with Crippen molar-refractivity contribution in [1.82, 2.24) is 0 Å². The number of esters is 1. The molecule has 0 aliphatic carbocycles. The molecule has 1 atom stereocenters. The van der Waals surface area contributed by atoms with E-state index in [-0.39, 0.29) is 25.5 Å². The lowest BCUT2D eigenvalue weighted by molar-refractivity contribution is -0.151. The van der Waals surface area contributed by atoms with Crippen LogP contribution in [0.15, 0.2) is 42.5 Å². The van der Waals surface area contributed by atoms with Crippen molar-refractivity contribution in [2.24, 2.45) is 5.92 Å². The molecule has 0 spiro atoms. The van der Waals surface area contributed by atoms with Crippen molar-refractivity contribution in [1.29, 1.82) is 0 Å². The number of benzene rings is 2. The Hall–Kier alpha value is -3.35. The fraction of sp³-hybridized carbons (Fsp3) is 0.318. The number of ether oxygens (including phenoxy) is 2. The minimum absolute atomic E-state index is 0.0589. The molecule has 1 aliphatic rings. The fourth-order valence-electron chi connectivity index (χ4n) is 3.32. The predicted octanol–water partition coefficient (Wildman–Crippen LogP) is 2.85. The van der Waals surface area contributed by atoms with E-state index in [4.69, 9.17) is 9.47 Å². The van der Waals surface area contributed by atoms with Gasteiger partial charge >= 0.3 is 5.97 Å². The van der Waals surface area contributed by atoms with Gasteiger partial charge in [-0.2, -0.15) is 0 Å². The Kier molecular flexibility index (Phi) is 6.16. The van der Waals surface area contributed by atoms with E-state index in [9.17, 15) is 14.4 Å². The molecule has 0 unspecified atom stereocenters. The van der Waals surface area contributed by atoms with Crippen LogP contribution in [0.4, 0.5) is 11.4 Å². The summed E-state index contributed by atoms with van der Waals surface area (Å²) >= 11 is 0. The van der Waals surface area contributed by atoms with Gasteiger partial charge in [-0.05, 0) is 49.2 Å². The highest BCUT2D eigenvalue weighted by Crippen LogP contribution is 2.27. The van der Waals surface area contributed by atoms with E-state index in [0.717, 1.165) is 16.8 Å². The summed E-state index contributed by atoms with van der Waals surface area (Å²) in [6.07, 6.45) is 0.0589. The second-order valence-corrected chi connectivity index (χ2v) is 7.03. The minimum Gasteiger partial charge on any atom is -0.497 e. The summed E-state index contributed by atoms with van der Waals surface area (Å²) in [4.78, 5) is 38.4. The van der Waals surface area contributed by atoms with Crippen molar-refractivity contribution in [2.45, 2.75) is 20.3 Å². The number of nitrogens with zero attached hydrogens (tertiary/aromatic N) is 1. The van der Waals surface area contributed by atoms with Crippen LogP contribution < -0.4 is 15.0 Å². The first-order chi connectivity index (χ1) is 13.9. The van der Waals surface area contributed by atoms with Crippen molar-refractivity contribution in [3.8, 4) is 5.75 Å². The van der Waals surface area contributed by atoms with Gasteiger partial charge in [0.2, 0.25) is 5.91 Å². The molecule has 7 heteroatoms. The number of aryl methyl sites for hydroxylation is 2. The van der Waals surface area contributed by atoms with Gasteiger partial charge in [-0.1, -0.05) is 18.2 Å². The van der Waals surface area contributed by atoms with Crippen molar-refractivity contribution >= 4 is 29.2 Å². The van der Waals surface area contributed by atoms with Crippen molar-refractivity contribution in [3.63, 3.8) is 0 Å². The molecule has 1 N–H and O–H groups in total. The zero-order valence-electron chi connectivity index (χ0n) is 16.7. The van der Waals surface area contributed by atoms with Crippen LogP contribution in [-0.2, 0) is 19.1 Å². The summed E-state index contributed by atoms with van der Waals surface area (Å²) in [6.45, 7) is 3.63. The lowest BCUT2D eigenvalue weighted by Crippen LogP contribution is -2.28. The van der Waals surface area contributed by atoms with Gasteiger partial charge in [-0.3, -0.25) is 14.4 Å². The Morgan fingerprint density at radius 1 is 1.10 bits per heavy atom. The molecule has 152 valence electrons. The molecule has 1 fully saturated rings. The molecular weight excluding hydrogens is 372 g/mol. The Labute approximate surface area is 169 Å². The smallest absolute Gasteiger partial charge is 0.311 e. The second-order valence-electron chi connectivity index (χ2n) is 7.03. The monoisotopic (exact) mass is 396 g/mol. The van der Waals surface area contributed by atoms with Gasteiger partial charge in [0.25, 0.3) is 5.91 Å². The van der Waals surface area contributed by atoms with E-state index < -0.39 is 17.8 Å². The number of carbonyl (C=O) groups excluding carboxylic acids is 3. The standard InChI is InChI=1S/C22H24N2O5/c1-14-5-4-6-15(2)21(14)23-19(25)13-29-22(27)16-11-20(26)24(12-16)17-7-9-18(28-3)10-8-17/h4-10,16H,11-13H2,1-3H3,(H,23,25)/t16-/m1/s1. The van der Waals surface area contributed by atoms with E-state index >= 15 is 0 Å². The number of hydrogen-bond donors (Lipinski definition) is 1. The molecule has 0 bridgehead atoms. The Bertz CT molecular complexity index is 903. The van der Waals surface area contributed by atoms with Crippen LogP contribution in [0.25, 0.3) is 0 Å². The Balaban J connectivity index is 1.54. The van der Waals surface area contributed by atoms with Crippen LogP contribution in [0.5, 0.6) is 5.75 Å². The Morgan fingerprint density at radius 3 is 2.38 bits per heavy atom. The number of methoxy groups -OCH3 is 1. The van der Waals surface area contributed by atoms with Crippen LogP contribution in [0.3, 0.4) is 0 Å². The normalized spacial score (nSPS) is 15.9. The summed E-state index contributed by atoms with van der Waals surface area (Å²) in [6, 6.07) is 12.7. The quantitative estimate of drug-likeness (QED) is 0.759. The van der Waals surface area contributed by atoms with Gasteiger partial charge < -0.3 is 19.7 Å². The lowest BCUT2D eigenvalue weighted by Gasteiger charge is -2.17.